The highest BCUT2D eigenvalue weighted by Gasteiger charge is 2.34. The number of primary amides is 1. The topological polar surface area (TPSA) is 173 Å². The molecule has 4 aromatic heterocycles. The molecule has 1 saturated heterocycles. The van der Waals surface area contributed by atoms with Gasteiger partial charge in [-0.2, -0.15) is 5.10 Å². The van der Waals surface area contributed by atoms with Gasteiger partial charge >= 0.3 is 7.60 Å². The van der Waals surface area contributed by atoms with Crippen molar-refractivity contribution in [1.29, 1.82) is 0 Å². The van der Waals surface area contributed by atoms with Crippen molar-refractivity contribution < 1.29 is 28.7 Å². The van der Waals surface area contributed by atoms with E-state index in [1.54, 1.807) is 16.2 Å². The third-order valence-electron chi connectivity index (χ3n) is 7.35. The molecule has 2 aliphatic rings. The van der Waals surface area contributed by atoms with Crippen LogP contribution < -0.4 is 15.8 Å². The molecule has 41 heavy (non-hydrogen) atoms. The molecule has 218 valence electrons. The van der Waals surface area contributed by atoms with Crippen LogP contribution in [0.3, 0.4) is 0 Å². The maximum absolute atomic E-state index is 13.6. The van der Waals surface area contributed by atoms with Crippen LogP contribution in [0.2, 0.25) is 0 Å². The fourth-order valence-corrected chi connectivity index (χ4v) is 9.80. The molecule has 6 rings (SSSR count). The first-order valence-electron chi connectivity index (χ1n) is 13.0. The minimum Gasteiger partial charge on any atom is -0.379 e. The molecule has 2 amide bonds. The summed E-state index contributed by atoms with van der Waals surface area (Å²) in [5.74, 6) is -0.745. The summed E-state index contributed by atoms with van der Waals surface area (Å²) in [6, 6.07) is 4.17. The number of nitrogens with one attached hydrogen (secondary N) is 1. The SMILES string of the molecule is NC(=O)c1nn(CC(=O)N2CCCOC[C@H]2C(=S)NC2CCC(c3cc4sccc4s3)C2)c2nc(P(=O)(O)O)sc12. The van der Waals surface area contributed by atoms with Gasteiger partial charge in [0.2, 0.25) is 10.7 Å². The molecule has 12 nitrogen and oxygen atoms in total. The third-order valence-corrected chi connectivity index (χ3v) is 12.4. The molecule has 1 saturated carbocycles. The van der Waals surface area contributed by atoms with E-state index in [0.717, 1.165) is 19.3 Å². The highest BCUT2D eigenvalue weighted by atomic mass is 32.1. The predicted octanol–water partition coefficient (Wildman–Crippen LogP) is 2.54. The molecule has 3 atom stereocenters. The molecule has 5 heterocycles. The van der Waals surface area contributed by atoms with Crippen molar-refractivity contribution in [2.75, 3.05) is 19.8 Å². The van der Waals surface area contributed by atoms with Crippen LogP contribution >= 0.6 is 53.8 Å². The smallest absolute Gasteiger partial charge is 0.379 e. The van der Waals surface area contributed by atoms with Crippen LogP contribution in [0.1, 0.15) is 47.0 Å². The summed E-state index contributed by atoms with van der Waals surface area (Å²) in [4.78, 5) is 52.3. The molecule has 5 N–H and O–H groups in total. The number of hydrogen-bond acceptors (Lipinski definition) is 10. The van der Waals surface area contributed by atoms with Crippen molar-refractivity contribution in [3.05, 3.63) is 28.1 Å². The summed E-state index contributed by atoms with van der Waals surface area (Å²) < 4.78 is 21.0. The van der Waals surface area contributed by atoms with Gasteiger partial charge in [0, 0.05) is 33.5 Å². The molecule has 0 spiro atoms. The highest BCUT2D eigenvalue weighted by Crippen LogP contribution is 2.42. The van der Waals surface area contributed by atoms with Crippen LogP contribution in [0.4, 0.5) is 0 Å². The van der Waals surface area contributed by atoms with Crippen LogP contribution in [-0.4, -0.2) is 78.1 Å². The number of thiazole rings is 1. The van der Waals surface area contributed by atoms with Crippen molar-refractivity contribution in [1.82, 2.24) is 25.0 Å². The van der Waals surface area contributed by atoms with Gasteiger partial charge < -0.3 is 30.5 Å². The van der Waals surface area contributed by atoms with Gasteiger partial charge in [-0.15, -0.1) is 34.0 Å². The number of nitrogens with zero attached hydrogens (tertiary/aromatic N) is 4. The van der Waals surface area contributed by atoms with Crippen LogP contribution in [0.5, 0.6) is 0 Å². The summed E-state index contributed by atoms with van der Waals surface area (Å²) in [6.45, 7) is 0.825. The first kappa shape index (κ1) is 28.8. The summed E-state index contributed by atoms with van der Waals surface area (Å²) in [5, 5.41) is 9.77. The van der Waals surface area contributed by atoms with E-state index in [-0.39, 0.29) is 41.1 Å². The van der Waals surface area contributed by atoms with E-state index < -0.39 is 24.3 Å². The molecule has 4 aromatic rings. The predicted molar refractivity (Wildman–Crippen MR) is 162 cm³/mol. The van der Waals surface area contributed by atoms with E-state index in [1.165, 1.54) is 19.0 Å². The second kappa shape index (κ2) is 11.4. The first-order valence-corrected chi connectivity index (χ1v) is 17.5. The van der Waals surface area contributed by atoms with Crippen molar-refractivity contribution in [2.24, 2.45) is 5.73 Å². The van der Waals surface area contributed by atoms with Gasteiger partial charge in [-0.25, -0.2) is 9.67 Å². The van der Waals surface area contributed by atoms with Crippen molar-refractivity contribution in [2.45, 2.75) is 50.2 Å². The summed E-state index contributed by atoms with van der Waals surface area (Å²) in [6.07, 6.45) is 3.62. The number of fused-ring (bicyclic) bond motifs is 2. The lowest BCUT2D eigenvalue weighted by molar-refractivity contribution is -0.133. The lowest BCUT2D eigenvalue weighted by atomic mass is 10.1. The monoisotopic (exact) mass is 654 g/mol. The lowest BCUT2D eigenvalue weighted by Crippen LogP contribution is -2.53. The number of nitrogens with two attached hydrogens (primary N) is 1. The standard InChI is InChI=1S/C24H27N6O6PS4/c25-21(32)19-20-22(27-24(41-20)37(33,34)35)30(28-19)10-18(31)29-5-1-6-36-11-14(29)23(38)26-13-3-2-12(8-13)16-9-17-15(40-16)4-7-39-17/h4,7,9,12-14H,1-3,5-6,8,10-11H2,(H2,25,32)(H,26,38)(H2,33,34,35)/t12?,13?,14-/m0/s1. The summed E-state index contributed by atoms with van der Waals surface area (Å²) in [7, 11) is -4.68. The number of carbonyl (C=O) groups excluding carboxylic acids is 2. The Hall–Kier alpha value is -2.30. The Labute approximate surface area is 251 Å². The number of hydrogen-bond donors (Lipinski definition) is 4. The Morgan fingerprint density at radius 1 is 1.27 bits per heavy atom. The van der Waals surface area contributed by atoms with Gasteiger partial charge in [0.1, 0.15) is 22.3 Å². The van der Waals surface area contributed by atoms with E-state index in [1.807, 2.05) is 11.3 Å². The van der Waals surface area contributed by atoms with Crippen molar-refractivity contribution >= 4 is 95.1 Å². The second-order valence-electron chi connectivity index (χ2n) is 10.1. The van der Waals surface area contributed by atoms with Crippen LogP contribution in [0, 0.1) is 0 Å². The fraction of sp³-hybridized carbons (Fsp3) is 0.458. The van der Waals surface area contributed by atoms with Crippen molar-refractivity contribution in [3.63, 3.8) is 0 Å². The Balaban J connectivity index is 1.17. The van der Waals surface area contributed by atoms with Gasteiger partial charge in [0.15, 0.2) is 11.3 Å². The zero-order valence-corrected chi connectivity index (χ0v) is 25.8. The van der Waals surface area contributed by atoms with Crippen LogP contribution in [0.15, 0.2) is 17.5 Å². The first-order chi connectivity index (χ1) is 19.6. The third kappa shape index (κ3) is 5.84. The molecule has 2 unspecified atom stereocenters. The molecule has 0 bridgehead atoms. The molecule has 0 aromatic carbocycles. The summed E-state index contributed by atoms with van der Waals surface area (Å²) in [5.41, 5.74) is 5.26. The molecule has 2 fully saturated rings. The quantitative estimate of drug-likeness (QED) is 0.171. The number of ether oxygens (including phenoxy) is 1. The zero-order valence-electron chi connectivity index (χ0n) is 21.6. The van der Waals surface area contributed by atoms with Gasteiger partial charge in [-0.1, -0.05) is 12.2 Å². The maximum Gasteiger partial charge on any atom is 0.384 e. The largest absolute Gasteiger partial charge is 0.384 e. The second-order valence-corrected chi connectivity index (χ2v) is 15.4. The van der Waals surface area contributed by atoms with Crippen LogP contribution in [-0.2, 0) is 20.6 Å². The van der Waals surface area contributed by atoms with Gasteiger partial charge in [-0.3, -0.25) is 14.2 Å². The number of rotatable bonds is 7. The van der Waals surface area contributed by atoms with E-state index in [2.05, 4.69) is 32.9 Å². The highest BCUT2D eigenvalue weighted by molar-refractivity contribution is 7.80. The number of carbonyl (C=O) groups is 2. The molecule has 0 radical (unpaired) electrons. The molecular weight excluding hydrogens is 628 g/mol. The van der Waals surface area contributed by atoms with E-state index in [0.29, 0.717) is 41.8 Å². The Bertz CT molecular complexity index is 1660. The molecule has 1 aliphatic heterocycles. The van der Waals surface area contributed by atoms with E-state index in [9.17, 15) is 23.9 Å². The number of thiocarbonyl (C=S) groups is 1. The lowest BCUT2D eigenvalue weighted by Gasteiger charge is -2.31. The van der Waals surface area contributed by atoms with E-state index in [4.69, 9.17) is 22.7 Å². The molecular formula is C24H27N6O6PS4. The molecule has 1 aliphatic carbocycles. The Kier molecular flexibility index (Phi) is 8.02. The van der Waals surface area contributed by atoms with Gasteiger partial charge in [-0.05, 0) is 49.1 Å². The maximum atomic E-state index is 13.6. The number of aromatic nitrogens is 3. The zero-order chi connectivity index (χ0) is 28.9. The Morgan fingerprint density at radius 2 is 2.10 bits per heavy atom. The Morgan fingerprint density at radius 3 is 2.85 bits per heavy atom. The van der Waals surface area contributed by atoms with Gasteiger partial charge in [0.05, 0.1) is 6.61 Å². The number of thiophene rings is 2. The van der Waals surface area contributed by atoms with Crippen molar-refractivity contribution in [3.8, 4) is 0 Å². The van der Waals surface area contributed by atoms with Crippen LogP contribution in [0.25, 0.3) is 19.7 Å². The number of amides is 2. The molecule has 17 heteroatoms. The van der Waals surface area contributed by atoms with Gasteiger partial charge in [0.25, 0.3) is 5.91 Å². The average Bonchev–Trinajstić information content (AvgIpc) is 3.69. The summed E-state index contributed by atoms with van der Waals surface area (Å²) >= 11 is 10.1. The minimum absolute atomic E-state index is 0.0178. The fourth-order valence-electron chi connectivity index (χ4n) is 5.41. The average molecular weight is 655 g/mol. The van der Waals surface area contributed by atoms with E-state index >= 15 is 0 Å². The normalized spacial score (nSPS) is 21.9. The minimum atomic E-state index is -4.68.